The van der Waals surface area contributed by atoms with E-state index in [9.17, 15) is 4.79 Å². The molecule has 3 rings (SSSR count). The van der Waals surface area contributed by atoms with Gasteiger partial charge in [0.15, 0.2) is 0 Å². The average Bonchev–Trinajstić information content (AvgIpc) is 2.15. The molecule has 0 amide bonds. The van der Waals surface area contributed by atoms with Gasteiger partial charge in [0.25, 0.3) is 0 Å². The summed E-state index contributed by atoms with van der Waals surface area (Å²) in [6.07, 6.45) is 4.82. The maximum absolute atomic E-state index is 11.5. The van der Waals surface area contributed by atoms with Crippen molar-refractivity contribution in [1.29, 1.82) is 0 Å². The van der Waals surface area contributed by atoms with Crippen molar-refractivity contribution in [2.24, 2.45) is 11.3 Å². The Kier molecular flexibility index (Phi) is 4.86. The summed E-state index contributed by atoms with van der Waals surface area (Å²) in [7, 11) is 1.46. The van der Waals surface area contributed by atoms with E-state index in [4.69, 9.17) is 10.6 Å². The second-order valence-corrected chi connectivity index (χ2v) is 4.40. The third-order valence-electron chi connectivity index (χ3n) is 3.59. The molecule has 0 atom stereocenters. The Bertz CT molecular complexity index is 242. The minimum absolute atomic E-state index is 0. The van der Waals surface area contributed by atoms with Gasteiger partial charge in [-0.1, -0.05) is 6.42 Å². The van der Waals surface area contributed by atoms with Crippen molar-refractivity contribution in [1.82, 2.24) is 5.43 Å². The van der Waals surface area contributed by atoms with Gasteiger partial charge in [-0.2, -0.15) is 0 Å². The van der Waals surface area contributed by atoms with E-state index in [-0.39, 0.29) is 41.7 Å². The lowest BCUT2D eigenvalue weighted by atomic mass is 9.50. The van der Waals surface area contributed by atoms with Gasteiger partial charge in [0, 0.05) is 5.54 Å². The lowest BCUT2D eigenvalue weighted by Gasteiger charge is -2.58. The Morgan fingerprint density at radius 1 is 1.33 bits per heavy atom. The maximum atomic E-state index is 11.5. The summed E-state index contributed by atoms with van der Waals surface area (Å²) < 4.78 is 4.81. The highest BCUT2D eigenvalue weighted by molar-refractivity contribution is 5.85. The van der Waals surface area contributed by atoms with Crippen LogP contribution in [0.3, 0.4) is 0 Å². The Morgan fingerprint density at radius 2 is 1.93 bits per heavy atom. The predicted molar refractivity (Wildman–Crippen MR) is 62.1 cm³/mol. The van der Waals surface area contributed by atoms with Crippen LogP contribution in [-0.4, -0.2) is 18.6 Å². The largest absolute Gasteiger partial charge is 0.469 e. The zero-order valence-corrected chi connectivity index (χ0v) is 10.4. The molecule has 0 radical (unpaired) electrons. The lowest BCUT2D eigenvalue weighted by molar-refractivity contribution is -0.172. The Morgan fingerprint density at radius 3 is 2.40 bits per heavy atom. The Hall–Kier alpha value is -0.0300. The second kappa shape index (κ2) is 4.87. The average molecular weight is 257 g/mol. The summed E-state index contributed by atoms with van der Waals surface area (Å²) in [5.74, 6) is 5.42. The lowest BCUT2D eigenvalue weighted by Crippen LogP contribution is -2.67. The number of rotatable bonds is 2. The van der Waals surface area contributed by atoms with Crippen LogP contribution in [0, 0.1) is 5.41 Å². The molecule has 0 aliphatic heterocycles. The molecule has 0 spiro atoms. The van der Waals surface area contributed by atoms with E-state index in [0.717, 1.165) is 32.1 Å². The Balaban J connectivity index is 0.000000980. The highest BCUT2D eigenvalue weighted by Gasteiger charge is 2.61. The number of ether oxygens (including phenoxy) is 1. The molecule has 6 heteroatoms. The molecule has 15 heavy (non-hydrogen) atoms. The molecule has 3 fully saturated rings. The first-order valence-corrected chi connectivity index (χ1v) is 4.73. The van der Waals surface area contributed by atoms with Crippen molar-refractivity contribution in [2.75, 3.05) is 7.11 Å². The van der Waals surface area contributed by atoms with E-state index in [1.807, 2.05) is 0 Å². The summed E-state index contributed by atoms with van der Waals surface area (Å²) in [5, 5.41) is 0. The first kappa shape index (κ1) is 15.0. The number of methoxy groups -OCH3 is 1. The Labute approximate surface area is 102 Å². The number of fused-ring (bicyclic) bond motifs is 2. The number of nitrogens with two attached hydrogens (primary N) is 1. The van der Waals surface area contributed by atoms with Crippen LogP contribution in [0.25, 0.3) is 0 Å². The molecule has 3 N–H and O–H groups in total. The van der Waals surface area contributed by atoms with Crippen molar-refractivity contribution in [3.05, 3.63) is 0 Å². The standard InChI is InChI=1S/C9H16N2O2.2ClH/c1-13-7(12)8-3-2-4-9(5-8,6-8)11-10;;/h11H,2-6,10H2,1H3;2*1H. The van der Waals surface area contributed by atoms with Crippen molar-refractivity contribution in [2.45, 2.75) is 37.6 Å². The molecular formula is C9H18Cl2N2O2. The summed E-state index contributed by atoms with van der Waals surface area (Å²) >= 11 is 0. The van der Waals surface area contributed by atoms with Crippen LogP contribution in [0.5, 0.6) is 0 Å². The van der Waals surface area contributed by atoms with Gasteiger partial charge in [-0.05, 0) is 25.7 Å². The zero-order valence-electron chi connectivity index (χ0n) is 8.75. The van der Waals surface area contributed by atoms with Gasteiger partial charge < -0.3 is 4.74 Å². The summed E-state index contributed by atoms with van der Waals surface area (Å²) in [4.78, 5) is 11.5. The van der Waals surface area contributed by atoms with Crippen molar-refractivity contribution < 1.29 is 9.53 Å². The van der Waals surface area contributed by atoms with Gasteiger partial charge in [-0.25, -0.2) is 0 Å². The van der Waals surface area contributed by atoms with Crippen LogP contribution in [0.2, 0.25) is 0 Å². The third-order valence-corrected chi connectivity index (χ3v) is 3.59. The third kappa shape index (κ3) is 2.09. The molecule has 90 valence electrons. The molecule has 3 saturated carbocycles. The molecule has 0 saturated heterocycles. The fourth-order valence-electron chi connectivity index (χ4n) is 3.00. The number of esters is 1. The minimum atomic E-state index is -0.209. The van der Waals surface area contributed by atoms with Crippen molar-refractivity contribution >= 4 is 30.8 Å². The maximum Gasteiger partial charge on any atom is 0.311 e. The first-order valence-electron chi connectivity index (χ1n) is 4.73. The molecule has 4 nitrogen and oxygen atoms in total. The van der Waals surface area contributed by atoms with Gasteiger partial charge >= 0.3 is 5.97 Å². The summed E-state index contributed by atoms with van der Waals surface area (Å²) in [6, 6.07) is 0. The summed E-state index contributed by atoms with van der Waals surface area (Å²) in [5.41, 5.74) is 2.67. The van der Waals surface area contributed by atoms with E-state index >= 15 is 0 Å². The fourth-order valence-corrected chi connectivity index (χ4v) is 3.00. The molecule has 0 heterocycles. The van der Waals surface area contributed by atoms with Gasteiger partial charge in [0.05, 0.1) is 12.5 Å². The van der Waals surface area contributed by atoms with Gasteiger partial charge in [-0.3, -0.25) is 16.1 Å². The number of carbonyl (C=O) groups excluding carboxylic acids is 1. The zero-order chi connectivity index (χ0) is 9.53. The number of halogens is 2. The minimum Gasteiger partial charge on any atom is -0.469 e. The molecule has 3 aliphatic rings. The molecular weight excluding hydrogens is 239 g/mol. The van der Waals surface area contributed by atoms with Gasteiger partial charge in [-0.15, -0.1) is 24.8 Å². The van der Waals surface area contributed by atoms with Crippen LogP contribution in [0.15, 0.2) is 0 Å². The monoisotopic (exact) mass is 256 g/mol. The van der Waals surface area contributed by atoms with Crippen molar-refractivity contribution in [3.63, 3.8) is 0 Å². The topological polar surface area (TPSA) is 64.3 Å². The molecule has 0 aromatic rings. The van der Waals surface area contributed by atoms with Crippen LogP contribution < -0.4 is 11.3 Å². The highest BCUT2D eigenvalue weighted by Crippen LogP contribution is 2.58. The van der Waals surface area contributed by atoms with E-state index in [2.05, 4.69) is 5.43 Å². The fraction of sp³-hybridized carbons (Fsp3) is 0.889. The van der Waals surface area contributed by atoms with E-state index < -0.39 is 0 Å². The van der Waals surface area contributed by atoms with Gasteiger partial charge in [0.2, 0.25) is 0 Å². The summed E-state index contributed by atoms with van der Waals surface area (Å²) in [6.45, 7) is 0. The second-order valence-electron chi connectivity index (χ2n) is 4.40. The predicted octanol–water partition coefficient (Wildman–Crippen LogP) is 1.17. The highest BCUT2D eigenvalue weighted by atomic mass is 35.5. The van der Waals surface area contributed by atoms with Crippen molar-refractivity contribution in [3.8, 4) is 0 Å². The van der Waals surface area contributed by atoms with Crippen LogP contribution in [-0.2, 0) is 9.53 Å². The van der Waals surface area contributed by atoms with E-state index in [1.165, 1.54) is 7.11 Å². The van der Waals surface area contributed by atoms with Crippen LogP contribution in [0.1, 0.15) is 32.1 Å². The number of hydrogen-bond acceptors (Lipinski definition) is 4. The normalized spacial score (nSPS) is 36.7. The van der Waals surface area contributed by atoms with Crippen LogP contribution >= 0.6 is 24.8 Å². The van der Waals surface area contributed by atoms with Crippen LogP contribution in [0.4, 0.5) is 0 Å². The quantitative estimate of drug-likeness (QED) is 0.443. The molecule has 3 aliphatic carbocycles. The van der Waals surface area contributed by atoms with E-state index in [1.54, 1.807) is 0 Å². The SMILES string of the molecule is COC(=O)C12CCCC(NN)(C1)C2.Cl.Cl. The first-order chi connectivity index (χ1) is 6.16. The van der Waals surface area contributed by atoms with Gasteiger partial charge in [0.1, 0.15) is 0 Å². The van der Waals surface area contributed by atoms with E-state index in [0.29, 0.717) is 0 Å². The number of hydrogen-bond donors (Lipinski definition) is 2. The molecule has 2 bridgehead atoms. The number of nitrogens with one attached hydrogen (secondary N) is 1. The molecule has 0 aromatic carbocycles. The molecule has 0 aromatic heterocycles. The smallest absolute Gasteiger partial charge is 0.311 e. The molecule has 0 unspecified atom stereocenters. The number of carbonyl (C=O) groups is 1. The number of hydrazine groups is 1.